The van der Waals surface area contributed by atoms with E-state index in [1.807, 2.05) is 24.3 Å². The largest absolute Gasteiger partial charge is 0.380 e. The number of fused-ring (bicyclic) bond motifs is 2. The predicted molar refractivity (Wildman–Crippen MR) is 73.6 cm³/mol. The molecule has 0 atom stereocenters. The molecule has 1 aliphatic rings. The molecule has 19 heavy (non-hydrogen) atoms. The molecular formula is C16H13NO2. The number of carbonyl (C=O) groups is 2. The van der Waals surface area contributed by atoms with Crippen molar-refractivity contribution in [2.75, 3.05) is 5.32 Å². The first-order valence-electron chi connectivity index (χ1n) is 6.18. The zero-order valence-electron chi connectivity index (χ0n) is 10.6. The van der Waals surface area contributed by atoms with E-state index >= 15 is 0 Å². The van der Waals surface area contributed by atoms with E-state index in [0.29, 0.717) is 23.2 Å². The Morgan fingerprint density at radius 2 is 1.89 bits per heavy atom. The van der Waals surface area contributed by atoms with Crippen LogP contribution >= 0.6 is 0 Å². The highest BCUT2D eigenvalue weighted by Gasteiger charge is 2.21. The van der Waals surface area contributed by atoms with Gasteiger partial charge >= 0.3 is 0 Å². The summed E-state index contributed by atoms with van der Waals surface area (Å²) in [5.41, 5.74) is 3.60. The van der Waals surface area contributed by atoms with E-state index in [1.165, 1.54) is 6.92 Å². The minimum atomic E-state index is -0.0341. The fraction of sp³-hybridized carbons (Fsp3) is 0.125. The van der Waals surface area contributed by atoms with Crippen molar-refractivity contribution in [2.45, 2.75) is 13.5 Å². The summed E-state index contributed by atoms with van der Waals surface area (Å²) >= 11 is 0. The van der Waals surface area contributed by atoms with Crippen LogP contribution in [-0.2, 0) is 6.54 Å². The number of nitrogens with one attached hydrogen (secondary N) is 1. The zero-order chi connectivity index (χ0) is 13.4. The average Bonchev–Trinajstić information content (AvgIpc) is 2.57. The number of Topliss-reactive ketones (excluding diaryl/α,β-unsaturated/α-hetero) is 1. The maximum absolute atomic E-state index is 12.6. The van der Waals surface area contributed by atoms with Crippen LogP contribution < -0.4 is 5.32 Å². The molecule has 0 saturated heterocycles. The Morgan fingerprint density at radius 3 is 2.68 bits per heavy atom. The van der Waals surface area contributed by atoms with E-state index in [9.17, 15) is 9.59 Å². The maximum atomic E-state index is 12.6. The molecular weight excluding hydrogens is 238 g/mol. The topological polar surface area (TPSA) is 46.2 Å². The predicted octanol–water partition coefficient (Wildman–Crippen LogP) is 3.05. The van der Waals surface area contributed by atoms with Crippen LogP contribution in [0.3, 0.4) is 0 Å². The van der Waals surface area contributed by atoms with Gasteiger partial charge in [0.1, 0.15) is 0 Å². The molecule has 1 aliphatic heterocycles. The number of anilines is 1. The Bertz CT molecular complexity index is 689. The highest BCUT2D eigenvalue weighted by Crippen LogP contribution is 2.27. The molecule has 0 unspecified atom stereocenters. The lowest BCUT2D eigenvalue weighted by Crippen LogP contribution is -2.04. The summed E-state index contributed by atoms with van der Waals surface area (Å²) in [5.74, 6) is -0.0631. The number of rotatable bonds is 1. The Balaban J connectivity index is 2.18. The van der Waals surface area contributed by atoms with Crippen LogP contribution in [-0.4, -0.2) is 11.6 Å². The summed E-state index contributed by atoms with van der Waals surface area (Å²) < 4.78 is 0. The molecule has 94 valence electrons. The van der Waals surface area contributed by atoms with Crippen LogP contribution in [0, 0.1) is 0 Å². The van der Waals surface area contributed by atoms with Crippen LogP contribution in [0.4, 0.5) is 5.69 Å². The van der Waals surface area contributed by atoms with Crippen LogP contribution in [0.2, 0.25) is 0 Å². The summed E-state index contributed by atoms with van der Waals surface area (Å²) in [6.45, 7) is 2.12. The lowest BCUT2D eigenvalue weighted by atomic mass is 9.97. The van der Waals surface area contributed by atoms with Gasteiger partial charge in [0.05, 0.1) is 0 Å². The summed E-state index contributed by atoms with van der Waals surface area (Å²) in [6, 6.07) is 12.8. The normalized spacial score (nSPS) is 13.0. The second kappa shape index (κ2) is 4.35. The molecule has 2 aromatic carbocycles. The van der Waals surface area contributed by atoms with Crippen molar-refractivity contribution in [3.63, 3.8) is 0 Å². The molecule has 1 N–H and O–H groups in total. The van der Waals surface area contributed by atoms with Crippen LogP contribution in [0.15, 0.2) is 42.5 Å². The van der Waals surface area contributed by atoms with Crippen LogP contribution in [0.25, 0.3) is 0 Å². The van der Waals surface area contributed by atoms with Crippen LogP contribution in [0.5, 0.6) is 0 Å². The SMILES string of the molecule is CC(=O)c1ccc2c(c1)C(=O)c1ccccc1CN2. The summed E-state index contributed by atoms with van der Waals surface area (Å²) in [5, 5.41) is 3.25. The van der Waals surface area contributed by atoms with Gasteiger partial charge in [-0.25, -0.2) is 0 Å². The van der Waals surface area contributed by atoms with Gasteiger partial charge in [0.25, 0.3) is 0 Å². The van der Waals surface area contributed by atoms with Gasteiger partial charge in [-0.1, -0.05) is 24.3 Å². The Morgan fingerprint density at radius 1 is 1.11 bits per heavy atom. The Hall–Kier alpha value is -2.42. The molecule has 0 aromatic heterocycles. The summed E-state index contributed by atoms with van der Waals surface area (Å²) in [7, 11) is 0. The molecule has 0 spiro atoms. The van der Waals surface area contributed by atoms with Gasteiger partial charge in [-0.3, -0.25) is 9.59 Å². The van der Waals surface area contributed by atoms with Crippen molar-refractivity contribution >= 4 is 17.3 Å². The van der Waals surface area contributed by atoms with Gasteiger partial charge in [0.15, 0.2) is 11.6 Å². The second-order valence-electron chi connectivity index (χ2n) is 4.66. The molecule has 0 aliphatic carbocycles. The van der Waals surface area contributed by atoms with E-state index in [4.69, 9.17) is 0 Å². The monoisotopic (exact) mass is 251 g/mol. The molecule has 0 saturated carbocycles. The summed E-state index contributed by atoms with van der Waals surface area (Å²) in [4.78, 5) is 24.0. The van der Waals surface area contributed by atoms with Crippen LogP contribution in [0.1, 0.15) is 38.8 Å². The number of benzene rings is 2. The van der Waals surface area contributed by atoms with Crippen molar-refractivity contribution in [3.05, 3.63) is 64.7 Å². The van der Waals surface area contributed by atoms with Gasteiger partial charge in [-0.2, -0.15) is 0 Å². The minimum absolute atomic E-state index is 0.0290. The van der Waals surface area contributed by atoms with Gasteiger partial charge in [0, 0.05) is 28.9 Å². The maximum Gasteiger partial charge on any atom is 0.195 e. The van der Waals surface area contributed by atoms with Crippen molar-refractivity contribution < 1.29 is 9.59 Å². The van der Waals surface area contributed by atoms with E-state index in [-0.39, 0.29) is 11.6 Å². The van der Waals surface area contributed by atoms with Gasteiger partial charge < -0.3 is 5.32 Å². The Labute approximate surface area is 111 Å². The van der Waals surface area contributed by atoms with Crippen molar-refractivity contribution in [1.82, 2.24) is 0 Å². The van der Waals surface area contributed by atoms with E-state index in [0.717, 1.165) is 11.3 Å². The van der Waals surface area contributed by atoms with Gasteiger partial charge in [-0.05, 0) is 30.7 Å². The summed E-state index contributed by atoms with van der Waals surface area (Å²) in [6.07, 6.45) is 0. The zero-order valence-corrected chi connectivity index (χ0v) is 10.6. The molecule has 3 nitrogen and oxygen atoms in total. The molecule has 2 aromatic rings. The van der Waals surface area contributed by atoms with Crippen molar-refractivity contribution in [3.8, 4) is 0 Å². The lowest BCUT2D eigenvalue weighted by molar-refractivity contribution is 0.101. The smallest absolute Gasteiger partial charge is 0.195 e. The molecule has 0 fully saturated rings. The van der Waals surface area contributed by atoms with Gasteiger partial charge in [0.2, 0.25) is 0 Å². The molecule has 0 bridgehead atoms. The molecule has 3 rings (SSSR count). The first kappa shape index (κ1) is 11.7. The highest BCUT2D eigenvalue weighted by atomic mass is 16.1. The van der Waals surface area contributed by atoms with Gasteiger partial charge in [-0.15, -0.1) is 0 Å². The Kier molecular flexibility index (Phi) is 2.67. The quantitative estimate of drug-likeness (QED) is 0.792. The van der Waals surface area contributed by atoms with E-state index < -0.39 is 0 Å². The van der Waals surface area contributed by atoms with E-state index in [2.05, 4.69) is 5.32 Å². The molecule has 0 amide bonds. The third-order valence-electron chi connectivity index (χ3n) is 3.40. The minimum Gasteiger partial charge on any atom is -0.380 e. The molecule has 3 heteroatoms. The van der Waals surface area contributed by atoms with Crippen molar-refractivity contribution in [2.24, 2.45) is 0 Å². The first-order valence-corrected chi connectivity index (χ1v) is 6.18. The average molecular weight is 251 g/mol. The number of carbonyl (C=O) groups excluding carboxylic acids is 2. The van der Waals surface area contributed by atoms with Crippen molar-refractivity contribution in [1.29, 1.82) is 0 Å². The molecule has 0 radical (unpaired) electrons. The number of ketones is 2. The fourth-order valence-electron chi connectivity index (χ4n) is 2.34. The standard InChI is InChI=1S/C16H13NO2/c1-10(18)11-6-7-15-14(8-11)16(19)13-5-3-2-4-12(13)9-17-15/h2-8,17H,9H2,1H3. The first-order chi connectivity index (χ1) is 9.16. The number of hydrogen-bond acceptors (Lipinski definition) is 3. The molecule has 1 heterocycles. The second-order valence-corrected chi connectivity index (χ2v) is 4.66. The number of hydrogen-bond donors (Lipinski definition) is 1. The fourth-order valence-corrected chi connectivity index (χ4v) is 2.34. The van der Waals surface area contributed by atoms with E-state index in [1.54, 1.807) is 18.2 Å². The third-order valence-corrected chi connectivity index (χ3v) is 3.40. The highest BCUT2D eigenvalue weighted by molar-refractivity contribution is 6.15. The third kappa shape index (κ3) is 1.93. The lowest BCUT2D eigenvalue weighted by Gasteiger charge is -2.07.